The Morgan fingerprint density at radius 2 is 1.14 bits per heavy atom. The SMILES string of the molecule is CCSC(CC(C(=O)c1ccccc1)C(=O)c1ccccc1)c1ccccc1. The predicted molar refractivity (Wildman–Crippen MR) is 117 cm³/mol. The van der Waals surface area contributed by atoms with Gasteiger partial charge in [0.25, 0.3) is 0 Å². The van der Waals surface area contributed by atoms with Crippen LogP contribution in [0.15, 0.2) is 91.0 Å². The van der Waals surface area contributed by atoms with E-state index in [4.69, 9.17) is 0 Å². The van der Waals surface area contributed by atoms with Crippen molar-refractivity contribution in [3.63, 3.8) is 0 Å². The summed E-state index contributed by atoms with van der Waals surface area (Å²) >= 11 is 1.78. The van der Waals surface area contributed by atoms with Crippen molar-refractivity contribution in [2.24, 2.45) is 5.92 Å². The van der Waals surface area contributed by atoms with Crippen molar-refractivity contribution in [3.05, 3.63) is 108 Å². The van der Waals surface area contributed by atoms with E-state index < -0.39 is 5.92 Å². The molecule has 0 aromatic heterocycles. The third kappa shape index (κ3) is 4.99. The van der Waals surface area contributed by atoms with Gasteiger partial charge in [-0.05, 0) is 17.7 Å². The zero-order chi connectivity index (χ0) is 19.8. The van der Waals surface area contributed by atoms with Gasteiger partial charge in [0.05, 0.1) is 5.92 Å². The third-order valence-corrected chi connectivity index (χ3v) is 5.94. The summed E-state index contributed by atoms with van der Waals surface area (Å²) in [5.41, 5.74) is 2.33. The van der Waals surface area contributed by atoms with Gasteiger partial charge in [-0.1, -0.05) is 97.9 Å². The normalized spacial score (nSPS) is 11.9. The molecule has 0 N–H and O–H groups in total. The first-order chi connectivity index (χ1) is 13.7. The largest absolute Gasteiger partial charge is 0.293 e. The number of rotatable bonds is 9. The van der Waals surface area contributed by atoms with Crippen LogP contribution in [0.2, 0.25) is 0 Å². The van der Waals surface area contributed by atoms with E-state index in [1.807, 2.05) is 54.6 Å². The van der Waals surface area contributed by atoms with Crippen molar-refractivity contribution in [1.29, 1.82) is 0 Å². The van der Waals surface area contributed by atoms with E-state index in [1.165, 1.54) is 0 Å². The molecule has 0 radical (unpaired) electrons. The fraction of sp³-hybridized carbons (Fsp3) is 0.200. The molecule has 0 aliphatic heterocycles. The van der Waals surface area contributed by atoms with Gasteiger partial charge in [-0.25, -0.2) is 0 Å². The Hall–Kier alpha value is -2.65. The van der Waals surface area contributed by atoms with Gasteiger partial charge in [-0.15, -0.1) is 0 Å². The second kappa shape index (κ2) is 10.0. The maximum atomic E-state index is 13.3. The molecular formula is C25H24O2S. The topological polar surface area (TPSA) is 34.1 Å². The molecule has 0 amide bonds. The summed E-state index contributed by atoms with van der Waals surface area (Å²) in [5, 5.41) is 0.0940. The molecule has 0 saturated heterocycles. The van der Waals surface area contributed by atoms with Crippen LogP contribution in [-0.2, 0) is 0 Å². The summed E-state index contributed by atoms with van der Waals surface area (Å²) in [7, 11) is 0. The predicted octanol–water partition coefficient (Wildman–Crippen LogP) is 6.25. The number of thioether (sulfide) groups is 1. The molecule has 0 spiro atoms. The van der Waals surface area contributed by atoms with E-state index in [2.05, 4.69) is 19.1 Å². The maximum absolute atomic E-state index is 13.3. The van der Waals surface area contributed by atoms with Crippen LogP contribution >= 0.6 is 11.8 Å². The lowest BCUT2D eigenvalue weighted by Crippen LogP contribution is -2.26. The lowest BCUT2D eigenvalue weighted by molar-refractivity contribution is 0.0799. The molecule has 28 heavy (non-hydrogen) atoms. The molecule has 142 valence electrons. The first-order valence-corrected chi connectivity index (χ1v) is 10.6. The molecule has 0 fully saturated rings. The van der Waals surface area contributed by atoms with Crippen LogP contribution in [0, 0.1) is 5.92 Å². The molecule has 3 aromatic carbocycles. The Labute approximate surface area is 171 Å². The molecule has 1 unspecified atom stereocenters. The van der Waals surface area contributed by atoms with E-state index in [0.29, 0.717) is 17.5 Å². The van der Waals surface area contributed by atoms with Gasteiger partial charge in [0.15, 0.2) is 11.6 Å². The van der Waals surface area contributed by atoms with Crippen molar-refractivity contribution in [3.8, 4) is 0 Å². The lowest BCUT2D eigenvalue weighted by atomic mass is 9.85. The first-order valence-electron chi connectivity index (χ1n) is 9.55. The number of Topliss-reactive ketones (excluding diaryl/α,β-unsaturated/α-hetero) is 2. The molecular weight excluding hydrogens is 364 g/mol. The Balaban J connectivity index is 1.95. The quantitative estimate of drug-likeness (QED) is 0.321. The molecule has 3 heteroatoms. The highest BCUT2D eigenvalue weighted by molar-refractivity contribution is 7.99. The van der Waals surface area contributed by atoms with E-state index in [9.17, 15) is 9.59 Å². The van der Waals surface area contributed by atoms with E-state index in [-0.39, 0.29) is 16.8 Å². The molecule has 0 heterocycles. The van der Waals surface area contributed by atoms with Crippen LogP contribution < -0.4 is 0 Å². The fourth-order valence-electron chi connectivity index (χ4n) is 3.32. The molecule has 3 aromatic rings. The average molecular weight is 389 g/mol. The summed E-state index contributed by atoms with van der Waals surface area (Å²) in [5.74, 6) is 0.0129. The smallest absolute Gasteiger partial charge is 0.173 e. The van der Waals surface area contributed by atoms with Gasteiger partial charge in [0.1, 0.15) is 0 Å². The van der Waals surface area contributed by atoms with Gasteiger partial charge < -0.3 is 0 Å². The summed E-state index contributed by atoms with van der Waals surface area (Å²) < 4.78 is 0. The van der Waals surface area contributed by atoms with Crippen LogP contribution in [-0.4, -0.2) is 17.3 Å². The summed E-state index contributed by atoms with van der Waals surface area (Å²) in [6.45, 7) is 2.10. The second-order valence-electron chi connectivity index (χ2n) is 6.60. The van der Waals surface area contributed by atoms with Gasteiger partial charge >= 0.3 is 0 Å². The highest BCUT2D eigenvalue weighted by Crippen LogP contribution is 2.36. The Bertz CT molecular complexity index is 840. The lowest BCUT2D eigenvalue weighted by Gasteiger charge is -2.22. The van der Waals surface area contributed by atoms with Gasteiger partial charge in [-0.3, -0.25) is 9.59 Å². The monoisotopic (exact) mass is 388 g/mol. The van der Waals surface area contributed by atoms with Crippen LogP contribution in [0.25, 0.3) is 0 Å². The summed E-state index contributed by atoms with van der Waals surface area (Å²) in [6, 6.07) is 28.4. The van der Waals surface area contributed by atoms with Gasteiger partial charge in [0.2, 0.25) is 0 Å². The van der Waals surface area contributed by atoms with Crippen molar-refractivity contribution in [2.75, 3.05) is 5.75 Å². The Morgan fingerprint density at radius 1 is 0.714 bits per heavy atom. The zero-order valence-electron chi connectivity index (χ0n) is 16.0. The summed E-state index contributed by atoms with van der Waals surface area (Å²) in [4.78, 5) is 26.6. The molecule has 0 aliphatic rings. The Morgan fingerprint density at radius 3 is 1.57 bits per heavy atom. The first kappa shape index (κ1) is 20.1. The molecule has 3 rings (SSSR count). The van der Waals surface area contributed by atoms with Gasteiger partial charge in [0, 0.05) is 16.4 Å². The van der Waals surface area contributed by atoms with Crippen LogP contribution in [0.1, 0.15) is 44.9 Å². The highest BCUT2D eigenvalue weighted by Gasteiger charge is 2.31. The minimum atomic E-state index is -0.700. The van der Waals surface area contributed by atoms with Gasteiger partial charge in [-0.2, -0.15) is 11.8 Å². The molecule has 0 saturated carbocycles. The second-order valence-corrected chi connectivity index (χ2v) is 8.08. The minimum Gasteiger partial charge on any atom is -0.293 e. The molecule has 1 atom stereocenters. The van der Waals surface area contributed by atoms with E-state index >= 15 is 0 Å². The Kier molecular flexibility index (Phi) is 7.21. The summed E-state index contributed by atoms with van der Waals surface area (Å²) in [6.07, 6.45) is 0.490. The minimum absolute atomic E-state index is 0.0940. The average Bonchev–Trinajstić information content (AvgIpc) is 2.77. The zero-order valence-corrected chi connectivity index (χ0v) is 16.8. The van der Waals surface area contributed by atoms with E-state index in [0.717, 1.165) is 11.3 Å². The number of benzene rings is 3. The molecule has 2 nitrogen and oxygen atoms in total. The number of carbonyl (C=O) groups is 2. The molecule has 0 bridgehead atoms. The number of hydrogen-bond donors (Lipinski definition) is 0. The number of carbonyl (C=O) groups excluding carboxylic acids is 2. The number of hydrogen-bond acceptors (Lipinski definition) is 3. The molecule has 0 aliphatic carbocycles. The standard InChI is InChI=1S/C25H24O2S/c1-2-28-23(19-12-6-3-7-13-19)18-22(24(26)20-14-8-4-9-15-20)25(27)21-16-10-5-11-17-21/h3-17,22-23H,2,18H2,1H3. The van der Waals surface area contributed by atoms with Crippen molar-refractivity contribution in [2.45, 2.75) is 18.6 Å². The van der Waals surface area contributed by atoms with Crippen LogP contribution in [0.5, 0.6) is 0 Å². The third-order valence-electron chi connectivity index (χ3n) is 4.74. The van der Waals surface area contributed by atoms with Crippen LogP contribution in [0.3, 0.4) is 0 Å². The van der Waals surface area contributed by atoms with Crippen molar-refractivity contribution >= 4 is 23.3 Å². The van der Waals surface area contributed by atoms with Crippen molar-refractivity contribution < 1.29 is 9.59 Å². The van der Waals surface area contributed by atoms with Crippen molar-refractivity contribution in [1.82, 2.24) is 0 Å². The van der Waals surface area contributed by atoms with E-state index in [1.54, 1.807) is 36.0 Å². The highest BCUT2D eigenvalue weighted by atomic mass is 32.2. The van der Waals surface area contributed by atoms with Crippen LogP contribution in [0.4, 0.5) is 0 Å². The maximum Gasteiger partial charge on any atom is 0.173 e. The fourth-order valence-corrected chi connectivity index (χ4v) is 4.40. The number of ketones is 2.